The molecule has 0 aliphatic carbocycles. The van der Waals surface area contributed by atoms with Gasteiger partial charge in [-0.1, -0.05) is 43.1 Å². The summed E-state index contributed by atoms with van der Waals surface area (Å²) in [5.41, 5.74) is 0.704. The van der Waals surface area contributed by atoms with Gasteiger partial charge in [-0.15, -0.1) is 0 Å². The Morgan fingerprint density at radius 1 is 1.00 bits per heavy atom. The Morgan fingerprint density at radius 3 is 2.14 bits per heavy atom. The van der Waals surface area contributed by atoms with Gasteiger partial charge in [-0.05, 0) is 54.8 Å². The molecule has 0 saturated carbocycles. The number of carbonyl (C=O) groups excluding carboxylic acids is 2. The molecule has 0 heterocycles. The first-order valence-corrected chi connectivity index (χ1v) is 13.4. The van der Waals surface area contributed by atoms with Gasteiger partial charge in [0, 0.05) is 27.2 Å². The second kappa shape index (κ2) is 12.7. The Hall–Kier alpha value is -2.40. The average Bonchev–Trinajstić information content (AvgIpc) is 2.81. The molecular formula is C24H31Cl2FN4O4S. The predicted octanol–water partition coefficient (Wildman–Crippen LogP) is 3.93. The molecule has 0 aliphatic rings. The molecule has 1 unspecified atom stereocenters. The molecule has 2 aromatic carbocycles. The van der Waals surface area contributed by atoms with E-state index in [1.54, 1.807) is 25.1 Å². The van der Waals surface area contributed by atoms with E-state index in [1.165, 1.54) is 31.1 Å². The molecule has 0 fully saturated rings. The Labute approximate surface area is 222 Å². The van der Waals surface area contributed by atoms with Crippen molar-refractivity contribution in [2.75, 3.05) is 31.5 Å². The van der Waals surface area contributed by atoms with Gasteiger partial charge in [0.25, 0.3) is 0 Å². The molecule has 0 saturated heterocycles. The van der Waals surface area contributed by atoms with Crippen LogP contribution in [0.2, 0.25) is 10.0 Å². The highest BCUT2D eigenvalue weighted by Gasteiger charge is 2.32. The first kappa shape index (κ1) is 29.8. The van der Waals surface area contributed by atoms with Crippen LogP contribution in [-0.4, -0.2) is 62.7 Å². The fraction of sp³-hybridized carbons (Fsp3) is 0.417. The number of benzene rings is 2. The lowest BCUT2D eigenvalue weighted by molar-refractivity contribution is -0.139. The number of hydrogen-bond donors (Lipinski definition) is 1. The van der Waals surface area contributed by atoms with E-state index in [2.05, 4.69) is 5.32 Å². The molecule has 2 rings (SSSR count). The van der Waals surface area contributed by atoms with Crippen LogP contribution in [0.25, 0.3) is 0 Å². The molecule has 8 nitrogen and oxygen atoms in total. The van der Waals surface area contributed by atoms with Crippen molar-refractivity contribution >= 4 is 50.9 Å². The molecule has 0 aliphatic heterocycles. The van der Waals surface area contributed by atoms with Gasteiger partial charge in [0.2, 0.25) is 11.8 Å². The van der Waals surface area contributed by atoms with Crippen molar-refractivity contribution in [2.45, 2.75) is 33.4 Å². The van der Waals surface area contributed by atoms with Gasteiger partial charge in [-0.25, -0.2) is 8.70 Å². The van der Waals surface area contributed by atoms with Crippen LogP contribution in [0.3, 0.4) is 0 Å². The van der Waals surface area contributed by atoms with E-state index in [0.717, 1.165) is 20.7 Å². The lowest BCUT2D eigenvalue weighted by Gasteiger charge is -2.33. The molecule has 1 atom stereocenters. The average molecular weight is 562 g/mol. The summed E-state index contributed by atoms with van der Waals surface area (Å²) in [4.78, 5) is 27.7. The number of anilines is 1. The Morgan fingerprint density at radius 2 is 1.61 bits per heavy atom. The van der Waals surface area contributed by atoms with Crippen LogP contribution in [0.15, 0.2) is 42.5 Å². The van der Waals surface area contributed by atoms with Crippen LogP contribution in [0.5, 0.6) is 0 Å². The van der Waals surface area contributed by atoms with Gasteiger partial charge < -0.3 is 10.2 Å². The van der Waals surface area contributed by atoms with Gasteiger partial charge in [0.15, 0.2) is 0 Å². The zero-order valence-corrected chi connectivity index (χ0v) is 23.2. The normalized spacial score (nSPS) is 12.5. The summed E-state index contributed by atoms with van der Waals surface area (Å²) in [6, 6.07) is 8.65. The fourth-order valence-electron chi connectivity index (χ4n) is 3.19. The van der Waals surface area contributed by atoms with E-state index in [4.69, 9.17) is 23.2 Å². The van der Waals surface area contributed by atoms with Crippen molar-refractivity contribution < 1.29 is 22.4 Å². The maximum atomic E-state index is 13.6. The summed E-state index contributed by atoms with van der Waals surface area (Å²) in [7, 11) is -1.48. The molecule has 0 radical (unpaired) electrons. The van der Waals surface area contributed by atoms with Crippen molar-refractivity contribution in [3.05, 3.63) is 63.9 Å². The van der Waals surface area contributed by atoms with Gasteiger partial charge in [-0.2, -0.15) is 12.7 Å². The first-order valence-electron chi connectivity index (χ1n) is 11.2. The standard InChI is InChI=1S/C24H31Cl2FN4O4S/c1-16(2)13-28-24(33)17(3)30(14-18-6-11-21(25)22(26)12-18)23(32)15-31(36(34,35)29(4)5)20-9-7-19(27)8-10-20/h6-12,16-17H,13-15H2,1-5H3,(H,28,33). The highest BCUT2D eigenvalue weighted by Crippen LogP contribution is 2.25. The number of nitrogens with zero attached hydrogens (tertiary/aromatic N) is 3. The van der Waals surface area contributed by atoms with E-state index < -0.39 is 34.5 Å². The third-order valence-corrected chi connectivity index (χ3v) is 7.88. The smallest absolute Gasteiger partial charge is 0.304 e. The number of nitrogens with one attached hydrogen (secondary N) is 1. The van der Waals surface area contributed by atoms with Crippen molar-refractivity contribution in [2.24, 2.45) is 5.92 Å². The second-order valence-electron chi connectivity index (χ2n) is 8.86. The molecule has 2 aromatic rings. The molecule has 0 bridgehead atoms. The molecule has 36 heavy (non-hydrogen) atoms. The van der Waals surface area contributed by atoms with E-state index >= 15 is 0 Å². The van der Waals surface area contributed by atoms with Crippen molar-refractivity contribution in [3.63, 3.8) is 0 Å². The van der Waals surface area contributed by atoms with Crippen LogP contribution in [0, 0.1) is 11.7 Å². The Bertz CT molecular complexity index is 1180. The molecule has 1 N–H and O–H groups in total. The third-order valence-electron chi connectivity index (χ3n) is 5.32. The van der Waals surface area contributed by atoms with Gasteiger partial charge in [-0.3, -0.25) is 9.59 Å². The summed E-state index contributed by atoms with van der Waals surface area (Å²) >= 11 is 12.1. The zero-order chi connectivity index (χ0) is 27.2. The lowest BCUT2D eigenvalue weighted by Crippen LogP contribution is -2.52. The van der Waals surface area contributed by atoms with Crippen LogP contribution in [0.4, 0.5) is 10.1 Å². The molecule has 2 amide bonds. The Balaban J connectivity index is 2.45. The van der Waals surface area contributed by atoms with Crippen molar-refractivity contribution in [1.82, 2.24) is 14.5 Å². The summed E-state index contributed by atoms with van der Waals surface area (Å²) in [6.07, 6.45) is 0. The van der Waals surface area contributed by atoms with E-state index in [-0.39, 0.29) is 29.1 Å². The van der Waals surface area contributed by atoms with Crippen LogP contribution >= 0.6 is 23.2 Å². The van der Waals surface area contributed by atoms with Gasteiger partial charge >= 0.3 is 10.2 Å². The van der Waals surface area contributed by atoms with E-state index in [0.29, 0.717) is 17.1 Å². The number of carbonyl (C=O) groups is 2. The minimum atomic E-state index is -4.13. The van der Waals surface area contributed by atoms with Gasteiger partial charge in [0.05, 0.1) is 15.7 Å². The van der Waals surface area contributed by atoms with E-state index in [9.17, 15) is 22.4 Å². The number of amides is 2. The lowest BCUT2D eigenvalue weighted by atomic mass is 10.1. The highest BCUT2D eigenvalue weighted by atomic mass is 35.5. The van der Waals surface area contributed by atoms with Crippen molar-refractivity contribution in [1.29, 1.82) is 0 Å². The molecule has 12 heteroatoms. The molecule has 198 valence electrons. The van der Waals surface area contributed by atoms with Gasteiger partial charge in [0.1, 0.15) is 18.4 Å². The minimum absolute atomic E-state index is 0.0226. The van der Waals surface area contributed by atoms with Crippen molar-refractivity contribution in [3.8, 4) is 0 Å². The monoisotopic (exact) mass is 560 g/mol. The number of halogens is 3. The predicted molar refractivity (Wildman–Crippen MR) is 141 cm³/mol. The SMILES string of the molecule is CC(C)CNC(=O)C(C)N(Cc1ccc(Cl)c(Cl)c1)C(=O)CN(c1ccc(F)cc1)S(=O)(=O)N(C)C. The first-order chi connectivity index (χ1) is 16.7. The number of hydrogen-bond acceptors (Lipinski definition) is 4. The van der Waals surface area contributed by atoms with E-state index in [1.807, 2.05) is 13.8 Å². The topological polar surface area (TPSA) is 90.0 Å². The largest absolute Gasteiger partial charge is 0.354 e. The maximum absolute atomic E-state index is 13.6. The summed E-state index contributed by atoms with van der Waals surface area (Å²) in [5, 5.41) is 3.41. The second-order valence-corrected chi connectivity index (χ2v) is 11.7. The summed E-state index contributed by atoms with van der Waals surface area (Å²) in [5.74, 6) is -1.38. The molecule has 0 aromatic heterocycles. The number of rotatable bonds is 11. The molecule has 0 spiro atoms. The molecular weight excluding hydrogens is 530 g/mol. The summed E-state index contributed by atoms with van der Waals surface area (Å²) < 4.78 is 41.5. The zero-order valence-electron chi connectivity index (χ0n) is 20.8. The minimum Gasteiger partial charge on any atom is -0.354 e. The van der Waals surface area contributed by atoms with Crippen LogP contribution in [-0.2, 0) is 26.3 Å². The highest BCUT2D eigenvalue weighted by molar-refractivity contribution is 7.90. The summed E-state index contributed by atoms with van der Waals surface area (Å²) in [6.45, 7) is 5.22. The Kier molecular flexibility index (Phi) is 10.5. The maximum Gasteiger partial charge on any atom is 0.304 e. The van der Waals surface area contributed by atoms with Crippen LogP contribution in [0.1, 0.15) is 26.3 Å². The third kappa shape index (κ3) is 7.80. The fourth-order valence-corrected chi connectivity index (χ4v) is 4.57. The quantitative estimate of drug-likeness (QED) is 0.450. The van der Waals surface area contributed by atoms with Crippen LogP contribution < -0.4 is 9.62 Å².